The summed E-state index contributed by atoms with van der Waals surface area (Å²) in [6.07, 6.45) is 0.528. The van der Waals surface area contributed by atoms with Gasteiger partial charge in [0.25, 0.3) is 0 Å². The van der Waals surface area contributed by atoms with Gasteiger partial charge in [-0.2, -0.15) is 4.98 Å². The lowest BCUT2D eigenvalue weighted by molar-refractivity contribution is 0.191. The van der Waals surface area contributed by atoms with Crippen LogP contribution in [0.2, 0.25) is 0 Å². The van der Waals surface area contributed by atoms with Crippen LogP contribution in [0, 0.1) is 5.82 Å². The smallest absolute Gasteiger partial charge is 0.241 e. The average Bonchev–Trinajstić information content (AvgIpc) is 2.52. The monoisotopic (exact) mass is 310 g/mol. The number of hydrogen-bond acceptors (Lipinski definition) is 6. The summed E-state index contributed by atoms with van der Waals surface area (Å²) in [7, 11) is 2.92. The van der Waals surface area contributed by atoms with Crippen molar-refractivity contribution in [2.24, 2.45) is 0 Å². The predicted octanol–water partition coefficient (Wildman–Crippen LogP) is 2.46. The highest BCUT2D eigenvalue weighted by molar-refractivity contribution is 7.99. The Bertz CT molecular complexity index is 613. The number of hydrogen-bond donors (Lipinski definition) is 1. The third kappa shape index (κ3) is 4.05. The van der Waals surface area contributed by atoms with Gasteiger partial charge in [-0.15, -0.1) is 11.8 Å². The second-order valence-corrected chi connectivity index (χ2v) is 5.18. The van der Waals surface area contributed by atoms with E-state index in [0.717, 1.165) is 4.90 Å². The largest absolute Gasteiger partial charge is 0.480 e. The van der Waals surface area contributed by atoms with Crippen LogP contribution in [0.4, 0.5) is 4.39 Å². The molecule has 1 aromatic carbocycles. The molecule has 0 fully saturated rings. The van der Waals surface area contributed by atoms with Crippen LogP contribution in [-0.2, 0) is 0 Å². The van der Waals surface area contributed by atoms with Gasteiger partial charge >= 0.3 is 0 Å². The van der Waals surface area contributed by atoms with Crippen molar-refractivity contribution in [2.45, 2.75) is 11.0 Å². The molecule has 2 aromatic rings. The van der Waals surface area contributed by atoms with Gasteiger partial charge < -0.3 is 14.6 Å². The third-order valence-corrected chi connectivity index (χ3v) is 3.74. The highest BCUT2D eigenvalue weighted by atomic mass is 32.2. The molecule has 1 heterocycles. The number of benzene rings is 1. The lowest BCUT2D eigenvalue weighted by Gasteiger charge is -2.13. The topological polar surface area (TPSA) is 64.5 Å². The minimum atomic E-state index is -0.883. The van der Waals surface area contributed by atoms with Crippen molar-refractivity contribution in [3.8, 4) is 11.8 Å². The number of aliphatic hydroxyl groups is 1. The first-order valence-corrected chi connectivity index (χ1v) is 7.14. The molecule has 1 aromatic heterocycles. The summed E-state index contributed by atoms with van der Waals surface area (Å²) in [6.45, 7) is 0. The molecule has 1 unspecified atom stereocenters. The van der Waals surface area contributed by atoms with Crippen LogP contribution in [-0.4, -0.2) is 35.0 Å². The lowest BCUT2D eigenvalue weighted by Crippen LogP contribution is -2.08. The van der Waals surface area contributed by atoms with E-state index < -0.39 is 6.10 Å². The standard InChI is InChI=1S/C14H15FN2O3S/c1-19-12-7-16-13(14(17-12)20-2)11(18)8-21-10-5-3-4-9(15)6-10/h3-7,11,18H,8H2,1-2H3. The van der Waals surface area contributed by atoms with E-state index in [0.29, 0.717) is 17.3 Å². The van der Waals surface area contributed by atoms with E-state index in [4.69, 9.17) is 9.47 Å². The fourth-order valence-corrected chi connectivity index (χ4v) is 2.53. The van der Waals surface area contributed by atoms with Crippen molar-refractivity contribution >= 4 is 11.8 Å². The Morgan fingerprint density at radius 2 is 2.14 bits per heavy atom. The van der Waals surface area contributed by atoms with Gasteiger partial charge in [0.2, 0.25) is 11.8 Å². The van der Waals surface area contributed by atoms with Crippen molar-refractivity contribution in [3.05, 3.63) is 42.0 Å². The van der Waals surface area contributed by atoms with E-state index in [9.17, 15) is 9.50 Å². The molecular formula is C14H15FN2O3S. The zero-order valence-corrected chi connectivity index (χ0v) is 12.4. The number of ether oxygens (including phenoxy) is 2. The van der Waals surface area contributed by atoms with Crippen LogP contribution in [0.1, 0.15) is 11.8 Å². The van der Waals surface area contributed by atoms with Gasteiger partial charge in [-0.05, 0) is 18.2 Å². The normalized spacial score (nSPS) is 12.0. The van der Waals surface area contributed by atoms with Crippen LogP contribution in [0.25, 0.3) is 0 Å². The Hall–Kier alpha value is -1.86. The van der Waals surface area contributed by atoms with Crippen molar-refractivity contribution in [2.75, 3.05) is 20.0 Å². The second-order valence-electron chi connectivity index (χ2n) is 4.09. The number of rotatable bonds is 6. The highest BCUT2D eigenvalue weighted by Crippen LogP contribution is 2.28. The van der Waals surface area contributed by atoms with Crippen molar-refractivity contribution in [1.82, 2.24) is 9.97 Å². The lowest BCUT2D eigenvalue weighted by atomic mass is 10.3. The van der Waals surface area contributed by atoms with Crippen LogP contribution in [0.15, 0.2) is 35.4 Å². The van der Waals surface area contributed by atoms with E-state index in [-0.39, 0.29) is 11.7 Å². The maximum absolute atomic E-state index is 13.1. The summed E-state index contributed by atoms with van der Waals surface area (Å²) in [4.78, 5) is 8.89. The van der Waals surface area contributed by atoms with Crippen LogP contribution >= 0.6 is 11.8 Å². The molecular weight excluding hydrogens is 295 g/mol. The Balaban J connectivity index is 2.07. The quantitative estimate of drug-likeness (QED) is 0.827. The fraction of sp³-hybridized carbons (Fsp3) is 0.286. The van der Waals surface area contributed by atoms with Gasteiger partial charge in [-0.3, -0.25) is 0 Å². The van der Waals surface area contributed by atoms with Gasteiger partial charge in [0.15, 0.2) is 0 Å². The first-order chi connectivity index (χ1) is 10.1. The molecule has 0 radical (unpaired) electrons. The highest BCUT2D eigenvalue weighted by Gasteiger charge is 2.18. The summed E-state index contributed by atoms with van der Waals surface area (Å²) in [5, 5.41) is 10.2. The maximum Gasteiger partial charge on any atom is 0.241 e. The van der Waals surface area contributed by atoms with Crippen molar-refractivity contribution in [3.63, 3.8) is 0 Å². The van der Waals surface area contributed by atoms with Crippen LogP contribution < -0.4 is 9.47 Å². The number of methoxy groups -OCH3 is 2. The molecule has 2 rings (SSSR count). The summed E-state index contributed by atoms with van der Waals surface area (Å²) >= 11 is 1.32. The van der Waals surface area contributed by atoms with E-state index >= 15 is 0 Å². The SMILES string of the molecule is COc1cnc(C(O)CSc2cccc(F)c2)c(OC)n1. The number of aliphatic hydroxyl groups excluding tert-OH is 1. The molecule has 0 aliphatic carbocycles. The molecule has 0 aliphatic rings. The first kappa shape index (κ1) is 15.5. The number of halogens is 1. The molecule has 0 saturated carbocycles. The number of thioether (sulfide) groups is 1. The number of nitrogens with zero attached hydrogens (tertiary/aromatic N) is 2. The molecule has 0 saturated heterocycles. The van der Waals surface area contributed by atoms with Crippen LogP contribution in [0.5, 0.6) is 11.8 Å². The van der Waals surface area contributed by atoms with Gasteiger partial charge in [0.05, 0.1) is 20.4 Å². The molecule has 0 amide bonds. The van der Waals surface area contributed by atoms with E-state index in [1.807, 2.05) is 0 Å². The summed E-state index contributed by atoms with van der Waals surface area (Å²) in [5.41, 5.74) is 0.321. The summed E-state index contributed by atoms with van der Waals surface area (Å²) in [5.74, 6) is 0.513. The molecule has 1 N–H and O–H groups in total. The summed E-state index contributed by atoms with van der Waals surface area (Å²) < 4.78 is 23.1. The Kier molecular flexibility index (Phi) is 5.35. The minimum Gasteiger partial charge on any atom is -0.480 e. The van der Waals surface area contributed by atoms with E-state index in [2.05, 4.69) is 9.97 Å². The molecule has 112 valence electrons. The Morgan fingerprint density at radius 3 is 2.81 bits per heavy atom. The molecule has 1 atom stereocenters. The van der Waals surface area contributed by atoms with E-state index in [1.165, 1.54) is 44.3 Å². The van der Waals surface area contributed by atoms with E-state index in [1.54, 1.807) is 12.1 Å². The fourth-order valence-electron chi connectivity index (χ4n) is 1.65. The van der Waals surface area contributed by atoms with Crippen molar-refractivity contribution in [1.29, 1.82) is 0 Å². The molecule has 0 aliphatic heterocycles. The van der Waals surface area contributed by atoms with Crippen LogP contribution in [0.3, 0.4) is 0 Å². The van der Waals surface area contributed by atoms with Crippen molar-refractivity contribution < 1.29 is 19.0 Å². The van der Waals surface area contributed by atoms with Gasteiger partial charge in [-0.1, -0.05) is 6.07 Å². The predicted molar refractivity (Wildman–Crippen MR) is 77.2 cm³/mol. The maximum atomic E-state index is 13.1. The zero-order chi connectivity index (χ0) is 15.2. The zero-order valence-electron chi connectivity index (χ0n) is 11.6. The van der Waals surface area contributed by atoms with Gasteiger partial charge in [0.1, 0.15) is 17.6 Å². The van der Waals surface area contributed by atoms with Gasteiger partial charge in [0, 0.05) is 10.6 Å². The Labute approximate surface area is 126 Å². The molecule has 21 heavy (non-hydrogen) atoms. The molecule has 0 spiro atoms. The summed E-state index contributed by atoms with van der Waals surface area (Å²) in [6, 6.07) is 6.18. The Morgan fingerprint density at radius 1 is 1.33 bits per heavy atom. The first-order valence-electron chi connectivity index (χ1n) is 6.15. The molecule has 5 nitrogen and oxygen atoms in total. The molecule has 0 bridgehead atoms. The third-order valence-electron chi connectivity index (χ3n) is 2.67. The minimum absolute atomic E-state index is 0.210. The second kappa shape index (κ2) is 7.24. The molecule has 7 heteroatoms. The number of aromatic nitrogens is 2. The van der Waals surface area contributed by atoms with Gasteiger partial charge in [-0.25, -0.2) is 9.37 Å². The average molecular weight is 310 g/mol.